The van der Waals surface area contributed by atoms with Crippen LogP contribution in [0.1, 0.15) is 39.5 Å². The Bertz CT molecular complexity index is 253. The lowest BCUT2D eigenvalue weighted by molar-refractivity contribution is -0.131. The summed E-state index contributed by atoms with van der Waals surface area (Å²) < 4.78 is 0. The molecule has 0 saturated heterocycles. The molecular formula is C13H20O2. The first-order chi connectivity index (χ1) is 7.06. The van der Waals surface area contributed by atoms with E-state index in [1.807, 2.05) is 18.2 Å². The van der Waals surface area contributed by atoms with Crippen molar-refractivity contribution in [1.82, 2.24) is 0 Å². The number of hydrogen-bond acceptors (Lipinski definition) is 2. The topological polar surface area (TPSA) is 34.1 Å². The Balaban J connectivity index is 3.95. The first-order valence-corrected chi connectivity index (χ1v) is 5.30. The molecule has 0 N–H and O–H groups in total. The van der Waals surface area contributed by atoms with Crippen molar-refractivity contribution in [2.24, 2.45) is 5.41 Å². The predicted molar refractivity (Wildman–Crippen MR) is 62.7 cm³/mol. The van der Waals surface area contributed by atoms with Crippen LogP contribution in [0.5, 0.6) is 0 Å². The number of rotatable bonds is 8. The minimum atomic E-state index is -0.838. The first kappa shape index (κ1) is 13.8. The average molecular weight is 208 g/mol. The molecule has 84 valence electrons. The Morgan fingerprint density at radius 1 is 1.33 bits per heavy atom. The van der Waals surface area contributed by atoms with E-state index in [0.717, 1.165) is 25.5 Å². The molecule has 0 rings (SSSR count). The van der Waals surface area contributed by atoms with Gasteiger partial charge in [0, 0.05) is 0 Å². The predicted octanol–water partition coefficient (Wildman–Crippen LogP) is 3.08. The number of unbranched alkanes of at least 4 members (excludes halogenated alkanes) is 2. The highest BCUT2D eigenvalue weighted by Crippen LogP contribution is 2.20. The fraction of sp³-hybridized carbons (Fsp3) is 0.538. The number of Topliss-reactive ketones (excluding diaryl/α,β-unsaturated/α-hetero) is 1. The molecule has 0 fully saturated rings. The van der Waals surface area contributed by atoms with Gasteiger partial charge in [-0.2, -0.15) is 0 Å². The summed E-state index contributed by atoms with van der Waals surface area (Å²) in [5.74, 6) is -0.0757. The summed E-state index contributed by atoms with van der Waals surface area (Å²) in [7, 11) is 0. The SMILES string of the molecule is C=CCCCC=CCC(C)(C=O)C(C)=O. The van der Waals surface area contributed by atoms with E-state index in [-0.39, 0.29) is 5.78 Å². The van der Waals surface area contributed by atoms with Gasteiger partial charge < -0.3 is 4.79 Å². The summed E-state index contributed by atoms with van der Waals surface area (Å²) in [6, 6.07) is 0. The van der Waals surface area contributed by atoms with Gasteiger partial charge in [0.05, 0.1) is 5.41 Å². The smallest absolute Gasteiger partial charge is 0.143 e. The summed E-state index contributed by atoms with van der Waals surface area (Å²) >= 11 is 0. The zero-order valence-electron chi connectivity index (χ0n) is 9.66. The molecule has 2 heteroatoms. The van der Waals surface area contributed by atoms with Gasteiger partial charge in [-0.3, -0.25) is 4.79 Å². The number of carbonyl (C=O) groups is 2. The Labute approximate surface area is 92.1 Å². The molecular weight excluding hydrogens is 188 g/mol. The van der Waals surface area contributed by atoms with Crippen LogP contribution in [0, 0.1) is 5.41 Å². The third kappa shape index (κ3) is 5.31. The van der Waals surface area contributed by atoms with E-state index >= 15 is 0 Å². The van der Waals surface area contributed by atoms with E-state index in [0.29, 0.717) is 6.42 Å². The Kier molecular flexibility index (Phi) is 6.59. The van der Waals surface area contributed by atoms with Gasteiger partial charge in [0.15, 0.2) is 0 Å². The molecule has 0 amide bonds. The van der Waals surface area contributed by atoms with Gasteiger partial charge in [-0.05, 0) is 39.5 Å². The number of allylic oxidation sites excluding steroid dienone is 3. The zero-order chi connectivity index (χ0) is 11.7. The van der Waals surface area contributed by atoms with Gasteiger partial charge in [0.2, 0.25) is 0 Å². The van der Waals surface area contributed by atoms with Gasteiger partial charge in [-0.25, -0.2) is 0 Å². The molecule has 15 heavy (non-hydrogen) atoms. The molecule has 0 aromatic carbocycles. The van der Waals surface area contributed by atoms with Crippen LogP contribution in [0.3, 0.4) is 0 Å². The minimum absolute atomic E-state index is 0.0757. The lowest BCUT2D eigenvalue weighted by Crippen LogP contribution is -2.26. The van der Waals surface area contributed by atoms with E-state index in [1.54, 1.807) is 6.92 Å². The second kappa shape index (κ2) is 7.16. The fourth-order valence-electron chi connectivity index (χ4n) is 1.10. The van der Waals surface area contributed by atoms with E-state index < -0.39 is 5.41 Å². The first-order valence-electron chi connectivity index (χ1n) is 5.30. The summed E-state index contributed by atoms with van der Waals surface area (Å²) in [5, 5.41) is 0. The van der Waals surface area contributed by atoms with Crippen LogP contribution in [0.15, 0.2) is 24.8 Å². The number of carbonyl (C=O) groups excluding carboxylic acids is 2. The number of hydrogen-bond donors (Lipinski definition) is 0. The molecule has 1 unspecified atom stereocenters. The molecule has 2 nitrogen and oxygen atoms in total. The Hall–Kier alpha value is -1.18. The average Bonchev–Trinajstić information content (AvgIpc) is 2.22. The second-order valence-electron chi connectivity index (χ2n) is 3.99. The Morgan fingerprint density at radius 2 is 2.00 bits per heavy atom. The van der Waals surface area contributed by atoms with Crippen LogP contribution in [0.4, 0.5) is 0 Å². The minimum Gasteiger partial charge on any atom is -0.302 e. The molecule has 0 aliphatic rings. The molecule has 0 radical (unpaired) electrons. The van der Waals surface area contributed by atoms with Crippen molar-refractivity contribution in [3.05, 3.63) is 24.8 Å². The fourth-order valence-corrected chi connectivity index (χ4v) is 1.10. The van der Waals surface area contributed by atoms with Crippen LogP contribution in [0.2, 0.25) is 0 Å². The highest BCUT2D eigenvalue weighted by atomic mass is 16.1. The second-order valence-corrected chi connectivity index (χ2v) is 3.99. The lowest BCUT2D eigenvalue weighted by Gasteiger charge is -2.16. The van der Waals surface area contributed by atoms with Crippen molar-refractivity contribution < 1.29 is 9.59 Å². The normalized spacial score (nSPS) is 14.8. The van der Waals surface area contributed by atoms with Crippen molar-refractivity contribution in [3.63, 3.8) is 0 Å². The number of aldehydes is 1. The Morgan fingerprint density at radius 3 is 2.47 bits per heavy atom. The molecule has 0 bridgehead atoms. The maximum atomic E-state index is 11.2. The highest BCUT2D eigenvalue weighted by Gasteiger charge is 2.27. The van der Waals surface area contributed by atoms with E-state index in [4.69, 9.17) is 0 Å². The molecule has 0 aromatic heterocycles. The van der Waals surface area contributed by atoms with E-state index in [9.17, 15) is 9.59 Å². The molecule has 0 saturated carbocycles. The monoisotopic (exact) mass is 208 g/mol. The van der Waals surface area contributed by atoms with Crippen molar-refractivity contribution in [2.75, 3.05) is 0 Å². The maximum absolute atomic E-state index is 11.2. The maximum Gasteiger partial charge on any atom is 0.143 e. The highest BCUT2D eigenvalue weighted by molar-refractivity contribution is 5.96. The van der Waals surface area contributed by atoms with Crippen LogP contribution in [-0.4, -0.2) is 12.1 Å². The van der Waals surface area contributed by atoms with Crippen LogP contribution in [0.25, 0.3) is 0 Å². The third-order valence-electron chi connectivity index (χ3n) is 2.55. The molecule has 0 aromatic rings. The van der Waals surface area contributed by atoms with Gasteiger partial charge in [-0.1, -0.05) is 18.2 Å². The number of ketones is 1. The van der Waals surface area contributed by atoms with Crippen LogP contribution in [-0.2, 0) is 9.59 Å². The van der Waals surface area contributed by atoms with Crippen LogP contribution < -0.4 is 0 Å². The largest absolute Gasteiger partial charge is 0.302 e. The summed E-state index contributed by atoms with van der Waals surface area (Å²) in [6.07, 6.45) is 10.1. The van der Waals surface area contributed by atoms with Gasteiger partial charge in [-0.15, -0.1) is 6.58 Å². The summed E-state index contributed by atoms with van der Waals surface area (Å²) in [4.78, 5) is 22.0. The van der Waals surface area contributed by atoms with Gasteiger partial charge in [0.1, 0.15) is 12.1 Å². The van der Waals surface area contributed by atoms with Crippen molar-refractivity contribution in [2.45, 2.75) is 39.5 Å². The van der Waals surface area contributed by atoms with E-state index in [2.05, 4.69) is 6.58 Å². The standard InChI is InChI=1S/C13H20O2/c1-4-5-6-7-8-9-10-13(3,11-14)12(2)15/h4,8-9,11H,1,5-7,10H2,2-3H3. The van der Waals surface area contributed by atoms with E-state index in [1.165, 1.54) is 6.92 Å². The zero-order valence-corrected chi connectivity index (χ0v) is 9.66. The molecule has 1 atom stereocenters. The van der Waals surface area contributed by atoms with Crippen LogP contribution >= 0.6 is 0 Å². The van der Waals surface area contributed by atoms with Crippen molar-refractivity contribution in [3.8, 4) is 0 Å². The van der Waals surface area contributed by atoms with Crippen molar-refractivity contribution in [1.29, 1.82) is 0 Å². The quantitative estimate of drug-likeness (QED) is 0.266. The van der Waals surface area contributed by atoms with Gasteiger partial charge >= 0.3 is 0 Å². The lowest BCUT2D eigenvalue weighted by atomic mass is 9.84. The molecule has 0 heterocycles. The molecule has 0 spiro atoms. The summed E-state index contributed by atoms with van der Waals surface area (Å²) in [6.45, 7) is 6.77. The molecule has 0 aliphatic carbocycles. The van der Waals surface area contributed by atoms with Gasteiger partial charge in [0.25, 0.3) is 0 Å². The summed E-state index contributed by atoms with van der Waals surface area (Å²) in [5.41, 5.74) is -0.838. The third-order valence-corrected chi connectivity index (χ3v) is 2.55. The van der Waals surface area contributed by atoms with Crippen molar-refractivity contribution >= 4 is 12.1 Å². The molecule has 0 aliphatic heterocycles.